The lowest BCUT2D eigenvalue weighted by atomic mass is 9.86. The third-order valence-electron chi connectivity index (χ3n) is 5.65. The highest BCUT2D eigenvalue weighted by molar-refractivity contribution is 5.81. The minimum atomic E-state index is -0.425. The van der Waals surface area contributed by atoms with E-state index in [0.717, 1.165) is 13.1 Å². The SMILES string of the molecule is COCCNC(=O)[C@@H]1C[C@@]2(CO1)c1ccccc1CN2Cc1ccccc1. The smallest absolute Gasteiger partial charge is 0.249 e. The molecule has 0 saturated carbocycles. The van der Waals surface area contributed by atoms with Gasteiger partial charge in [0.25, 0.3) is 0 Å². The molecular weight excluding hydrogens is 340 g/mol. The molecule has 2 aromatic carbocycles. The van der Waals surface area contributed by atoms with E-state index in [4.69, 9.17) is 9.47 Å². The molecule has 27 heavy (non-hydrogen) atoms. The van der Waals surface area contributed by atoms with E-state index in [2.05, 4.69) is 58.7 Å². The van der Waals surface area contributed by atoms with Crippen molar-refractivity contribution in [1.29, 1.82) is 0 Å². The van der Waals surface area contributed by atoms with Crippen LogP contribution in [-0.2, 0) is 32.9 Å². The lowest BCUT2D eigenvalue weighted by Crippen LogP contribution is -2.42. The fourth-order valence-corrected chi connectivity index (χ4v) is 4.28. The minimum Gasteiger partial charge on any atom is -0.383 e. The number of ether oxygens (including phenoxy) is 2. The molecule has 5 nitrogen and oxygen atoms in total. The average Bonchev–Trinajstić information content (AvgIpc) is 3.27. The van der Waals surface area contributed by atoms with Gasteiger partial charge in [-0.05, 0) is 16.7 Å². The Bertz CT molecular complexity index is 795. The summed E-state index contributed by atoms with van der Waals surface area (Å²) in [7, 11) is 1.63. The fraction of sp³-hybridized carbons (Fsp3) is 0.409. The third kappa shape index (κ3) is 3.50. The van der Waals surface area contributed by atoms with Crippen molar-refractivity contribution in [3.63, 3.8) is 0 Å². The van der Waals surface area contributed by atoms with E-state index in [1.54, 1.807) is 7.11 Å². The number of rotatable bonds is 6. The maximum Gasteiger partial charge on any atom is 0.249 e. The molecule has 2 heterocycles. The number of fused-ring (bicyclic) bond motifs is 2. The highest BCUT2D eigenvalue weighted by Gasteiger charge is 2.52. The van der Waals surface area contributed by atoms with E-state index in [-0.39, 0.29) is 11.4 Å². The summed E-state index contributed by atoms with van der Waals surface area (Å²) in [6, 6.07) is 19.0. The van der Waals surface area contributed by atoms with Crippen molar-refractivity contribution in [3.8, 4) is 0 Å². The molecule has 0 radical (unpaired) electrons. The molecule has 0 unspecified atom stereocenters. The van der Waals surface area contributed by atoms with E-state index in [1.807, 2.05) is 6.07 Å². The monoisotopic (exact) mass is 366 g/mol. The lowest BCUT2D eigenvalue weighted by Gasteiger charge is -2.34. The predicted octanol–water partition coefficient (Wildman–Crippen LogP) is 2.45. The summed E-state index contributed by atoms with van der Waals surface area (Å²) in [4.78, 5) is 15.0. The Balaban J connectivity index is 1.56. The van der Waals surface area contributed by atoms with Gasteiger partial charge in [-0.15, -0.1) is 0 Å². The first-order chi connectivity index (χ1) is 13.2. The zero-order valence-electron chi connectivity index (χ0n) is 15.7. The van der Waals surface area contributed by atoms with E-state index in [1.165, 1.54) is 16.7 Å². The van der Waals surface area contributed by atoms with Crippen molar-refractivity contribution in [2.75, 3.05) is 26.9 Å². The Kier molecular flexibility index (Phi) is 5.25. The summed E-state index contributed by atoms with van der Waals surface area (Å²) >= 11 is 0. The number of carbonyl (C=O) groups excluding carboxylic acids is 1. The summed E-state index contributed by atoms with van der Waals surface area (Å²) in [5.41, 5.74) is 3.67. The molecule has 1 saturated heterocycles. The standard InChI is InChI=1S/C22H26N2O3/c1-26-12-11-23-21(25)20-13-22(16-27-20)19-10-6-5-9-18(19)15-24(22)14-17-7-3-2-4-8-17/h2-10,20H,11-16H2,1H3,(H,23,25)/t20-,22+/m0/s1. The maximum absolute atomic E-state index is 12.5. The van der Waals surface area contributed by atoms with Crippen LogP contribution in [-0.4, -0.2) is 43.8 Å². The first kappa shape index (κ1) is 18.2. The molecule has 2 aromatic rings. The van der Waals surface area contributed by atoms with Crippen LogP contribution >= 0.6 is 0 Å². The highest BCUT2D eigenvalue weighted by atomic mass is 16.5. The molecule has 0 aliphatic carbocycles. The Morgan fingerprint density at radius 2 is 2.00 bits per heavy atom. The number of methoxy groups -OCH3 is 1. The Labute approximate surface area is 160 Å². The van der Waals surface area contributed by atoms with Crippen LogP contribution in [0.2, 0.25) is 0 Å². The van der Waals surface area contributed by atoms with Gasteiger partial charge in [0.05, 0.1) is 18.8 Å². The van der Waals surface area contributed by atoms with Crippen molar-refractivity contribution in [2.24, 2.45) is 0 Å². The first-order valence-corrected chi connectivity index (χ1v) is 9.48. The number of benzene rings is 2. The number of hydrogen-bond acceptors (Lipinski definition) is 4. The van der Waals surface area contributed by atoms with Crippen LogP contribution < -0.4 is 5.32 Å². The summed E-state index contributed by atoms with van der Waals surface area (Å²) in [6.45, 7) is 3.28. The molecule has 0 bridgehead atoms. The van der Waals surface area contributed by atoms with Gasteiger partial charge < -0.3 is 14.8 Å². The molecule has 4 rings (SSSR count). The zero-order valence-corrected chi connectivity index (χ0v) is 15.7. The minimum absolute atomic E-state index is 0.0482. The van der Waals surface area contributed by atoms with E-state index >= 15 is 0 Å². The van der Waals surface area contributed by atoms with Gasteiger partial charge in [0.2, 0.25) is 5.91 Å². The van der Waals surface area contributed by atoms with Gasteiger partial charge in [0, 0.05) is 33.2 Å². The molecule has 2 atom stereocenters. The second-order valence-electron chi connectivity index (χ2n) is 7.32. The Morgan fingerprint density at radius 1 is 1.22 bits per heavy atom. The number of nitrogens with one attached hydrogen (secondary N) is 1. The van der Waals surface area contributed by atoms with Crippen molar-refractivity contribution < 1.29 is 14.3 Å². The lowest BCUT2D eigenvalue weighted by molar-refractivity contribution is -0.130. The molecule has 1 fully saturated rings. The van der Waals surface area contributed by atoms with Gasteiger partial charge in [-0.2, -0.15) is 0 Å². The molecule has 2 aliphatic heterocycles. The summed E-state index contributed by atoms with van der Waals surface area (Å²) in [5, 5.41) is 2.91. The van der Waals surface area contributed by atoms with E-state index < -0.39 is 6.10 Å². The summed E-state index contributed by atoms with van der Waals surface area (Å²) in [5.74, 6) is -0.0482. The van der Waals surface area contributed by atoms with Crippen LogP contribution in [0, 0.1) is 0 Å². The van der Waals surface area contributed by atoms with Crippen LogP contribution in [0.25, 0.3) is 0 Å². The quantitative estimate of drug-likeness (QED) is 0.798. The second kappa shape index (κ2) is 7.80. The van der Waals surface area contributed by atoms with Crippen molar-refractivity contribution in [3.05, 3.63) is 71.3 Å². The van der Waals surface area contributed by atoms with Crippen molar-refractivity contribution >= 4 is 5.91 Å². The molecule has 1 N–H and O–H groups in total. The molecule has 1 spiro atoms. The molecule has 142 valence electrons. The number of nitrogens with zero attached hydrogens (tertiary/aromatic N) is 1. The van der Waals surface area contributed by atoms with Crippen LogP contribution in [0.4, 0.5) is 0 Å². The van der Waals surface area contributed by atoms with E-state index in [0.29, 0.717) is 26.2 Å². The topological polar surface area (TPSA) is 50.8 Å². The molecule has 5 heteroatoms. The molecular formula is C22H26N2O3. The number of amides is 1. The van der Waals surface area contributed by atoms with Gasteiger partial charge in [-0.1, -0.05) is 54.6 Å². The summed E-state index contributed by atoms with van der Waals surface area (Å²) < 4.78 is 11.0. The predicted molar refractivity (Wildman–Crippen MR) is 103 cm³/mol. The van der Waals surface area contributed by atoms with E-state index in [9.17, 15) is 4.79 Å². The molecule has 0 aromatic heterocycles. The highest BCUT2D eigenvalue weighted by Crippen LogP contribution is 2.47. The Morgan fingerprint density at radius 3 is 2.81 bits per heavy atom. The summed E-state index contributed by atoms with van der Waals surface area (Å²) in [6.07, 6.45) is 0.252. The molecule has 2 aliphatic rings. The van der Waals surface area contributed by atoms with Crippen LogP contribution in [0.1, 0.15) is 23.1 Å². The van der Waals surface area contributed by atoms with Gasteiger partial charge >= 0.3 is 0 Å². The number of carbonyl (C=O) groups is 1. The first-order valence-electron chi connectivity index (χ1n) is 9.48. The number of hydrogen-bond donors (Lipinski definition) is 1. The fourth-order valence-electron chi connectivity index (χ4n) is 4.28. The zero-order chi connectivity index (χ0) is 18.7. The largest absolute Gasteiger partial charge is 0.383 e. The van der Waals surface area contributed by atoms with Crippen LogP contribution in [0.3, 0.4) is 0 Å². The van der Waals surface area contributed by atoms with Crippen LogP contribution in [0.5, 0.6) is 0 Å². The second-order valence-corrected chi connectivity index (χ2v) is 7.32. The maximum atomic E-state index is 12.5. The normalized spacial score (nSPS) is 24.3. The van der Waals surface area contributed by atoms with Gasteiger partial charge in [0.1, 0.15) is 6.10 Å². The van der Waals surface area contributed by atoms with Gasteiger partial charge in [-0.25, -0.2) is 0 Å². The Hall–Kier alpha value is -2.21. The van der Waals surface area contributed by atoms with Crippen LogP contribution in [0.15, 0.2) is 54.6 Å². The van der Waals surface area contributed by atoms with Gasteiger partial charge in [-0.3, -0.25) is 9.69 Å². The molecule has 1 amide bonds. The average molecular weight is 366 g/mol. The van der Waals surface area contributed by atoms with Gasteiger partial charge in [0.15, 0.2) is 0 Å². The third-order valence-corrected chi connectivity index (χ3v) is 5.65. The van der Waals surface area contributed by atoms with Crippen molar-refractivity contribution in [1.82, 2.24) is 10.2 Å². The van der Waals surface area contributed by atoms with Crippen molar-refractivity contribution in [2.45, 2.75) is 31.2 Å².